The van der Waals surface area contributed by atoms with Crippen LogP contribution in [0.15, 0.2) is 0 Å². The molecule has 0 aromatic heterocycles. The molecule has 4 heteroatoms. The maximum atomic E-state index is 10.1. The molecule has 1 atom stereocenters. The Morgan fingerprint density at radius 2 is 2.60 bits per heavy atom. The number of carbonyl (C=O) groups excluding carboxylic acids is 1. The highest BCUT2D eigenvalue weighted by Gasteiger charge is 2.16. The Morgan fingerprint density at radius 3 is 3.10 bits per heavy atom. The molecule has 0 aromatic carbocycles. The lowest BCUT2D eigenvalue weighted by Gasteiger charge is -2.05. The topological polar surface area (TPSA) is 26.3 Å². The molecule has 0 radical (unpaired) electrons. The molecule has 1 heterocycles. The van der Waals surface area contributed by atoms with Crippen LogP contribution in [0.2, 0.25) is 0 Å². The summed E-state index contributed by atoms with van der Waals surface area (Å²) in [5, 5.41) is 0.489. The van der Waals surface area contributed by atoms with E-state index >= 15 is 0 Å². The summed E-state index contributed by atoms with van der Waals surface area (Å²) in [5.41, 5.74) is -0.687. The van der Waals surface area contributed by atoms with Crippen LogP contribution in [0.5, 0.6) is 0 Å². The second-order valence-electron chi connectivity index (χ2n) is 2.18. The van der Waals surface area contributed by atoms with Gasteiger partial charge in [0.15, 0.2) is 0 Å². The summed E-state index contributed by atoms with van der Waals surface area (Å²) in [4.78, 5) is 10.1. The lowest BCUT2D eigenvalue weighted by atomic mass is 10.3. The molecule has 2 nitrogen and oxygen atoms in total. The molecule has 0 N–H and O–H groups in total. The van der Waals surface area contributed by atoms with Crippen LogP contribution in [-0.4, -0.2) is 23.0 Å². The first-order valence-corrected chi connectivity index (χ1v) is 4.65. The minimum atomic E-state index is -0.687. The van der Waals surface area contributed by atoms with Crippen molar-refractivity contribution in [3.05, 3.63) is 0 Å². The van der Waals surface area contributed by atoms with Crippen LogP contribution < -0.4 is 0 Å². The molecule has 0 aliphatic carbocycles. The Kier molecular flexibility index (Phi) is 3.35. The van der Waals surface area contributed by atoms with Crippen LogP contribution in [0.1, 0.15) is 12.8 Å². The van der Waals surface area contributed by atoms with Crippen LogP contribution in [0.4, 0.5) is 4.79 Å². The predicted octanol–water partition coefficient (Wildman–Crippen LogP) is 2.26. The molecule has 0 bridgehead atoms. The van der Waals surface area contributed by atoms with Crippen LogP contribution in [0, 0.1) is 0 Å². The van der Waals surface area contributed by atoms with E-state index in [9.17, 15) is 4.79 Å². The highest BCUT2D eigenvalue weighted by atomic mass is 35.5. The Labute approximate surface area is 69.3 Å². The number of hydrogen-bond acceptors (Lipinski definition) is 3. The van der Waals surface area contributed by atoms with E-state index in [2.05, 4.69) is 4.74 Å². The summed E-state index contributed by atoms with van der Waals surface area (Å²) in [6.45, 7) is 0.479. The minimum Gasteiger partial charge on any atom is -0.453 e. The predicted molar refractivity (Wildman–Crippen MR) is 42.7 cm³/mol. The van der Waals surface area contributed by atoms with E-state index < -0.39 is 5.43 Å². The summed E-state index contributed by atoms with van der Waals surface area (Å²) in [6, 6.07) is 0. The van der Waals surface area contributed by atoms with E-state index in [-0.39, 0.29) is 0 Å². The number of hydrogen-bond donors (Lipinski definition) is 0. The van der Waals surface area contributed by atoms with E-state index in [0.717, 1.165) is 6.42 Å². The molecular formula is C6H9ClO2S. The number of ether oxygens (including phenoxy) is 1. The second kappa shape index (κ2) is 4.09. The quantitative estimate of drug-likeness (QED) is 0.610. The largest absolute Gasteiger partial charge is 0.453 e. The molecule has 58 valence electrons. The Bertz CT molecular complexity index is 123. The third-order valence-corrected chi connectivity index (χ3v) is 2.88. The van der Waals surface area contributed by atoms with Crippen molar-refractivity contribution in [1.82, 2.24) is 0 Å². The fraction of sp³-hybridized carbons (Fsp3) is 0.833. The van der Waals surface area contributed by atoms with Crippen molar-refractivity contribution < 1.29 is 9.53 Å². The summed E-state index contributed by atoms with van der Waals surface area (Å²) >= 11 is 6.83. The van der Waals surface area contributed by atoms with Gasteiger partial charge in [-0.2, -0.15) is 11.8 Å². The van der Waals surface area contributed by atoms with Crippen molar-refractivity contribution in [3.8, 4) is 0 Å². The van der Waals surface area contributed by atoms with Gasteiger partial charge in [-0.15, -0.1) is 0 Å². The van der Waals surface area contributed by atoms with E-state index in [1.807, 2.05) is 11.8 Å². The molecule has 1 unspecified atom stereocenters. The summed E-state index contributed by atoms with van der Waals surface area (Å²) < 4.78 is 4.63. The van der Waals surface area contributed by atoms with E-state index in [1.165, 1.54) is 12.2 Å². The number of thioether (sulfide) groups is 1. The molecular weight excluding hydrogens is 172 g/mol. The zero-order valence-electron chi connectivity index (χ0n) is 5.51. The van der Waals surface area contributed by atoms with Crippen LogP contribution in [0.25, 0.3) is 0 Å². The molecule has 1 rings (SSSR count). The van der Waals surface area contributed by atoms with E-state index in [4.69, 9.17) is 11.6 Å². The molecule has 1 fully saturated rings. The van der Waals surface area contributed by atoms with Crippen molar-refractivity contribution in [3.63, 3.8) is 0 Å². The van der Waals surface area contributed by atoms with Crippen molar-refractivity contribution in [2.75, 3.05) is 12.4 Å². The van der Waals surface area contributed by atoms with E-state index in [0.29, 0.717) is 11.9 Å². The smallest absolute Gasteiger partial charge is 0.403 e. The van der Waals surface area contributed by atoms with Gasteiger partial charge in [0, 0.05) is 16.9 Å². The zero-order valence-corrected chi connectivity index (χ0v) is 7.08. The number of halogens is 1. The number of carbonyl (C=O) groups is 1. The fourth-order valence-electron chi connectivity index (χ4n) is 0.934. The Hall–Kier alpha value is 0.110. The van der Waals surface area contributed by atoms with Gasteiger partial charge in [0.05, 0.1) is 0 Å². The van der Waals surface area contributed by atoms with Gasteiger partial charge in [-0.25, -0.2) is 4.79 Å². The van der Waals surface area contributed by atoms with Crippen molar-refractivity contribution in [2.24, 2.45) is 0 Å². The molecule has 1 aliphatic heterocycles. The van der Waals surface area contributed by atoms with Gasteiger partial charge in [-0.1, -0.05) is 0 Å². The summed E-state index contributed by atoms with van der Waals surface area (Å²) in [7, 11) is 0. The van der Waals surface area contributed by atoms with Gasteiger partial charge in [-0.05, 0) is 18.6 Å². The SMILES string of the molecule is O=C(Cl)OCC1CCCS1. The van der Waals surface area contributed by atoms with Gasteiger partial charge in [0.2, 0.25) is 0 Å². The van der Waals surface area contributed by atoms with Gasteiger partial charge < -0.3 is 4.74 Å². The average Bonchev–Trinajstić information content (AvgIpc) is 2.34. The summed E-state index contributed by atoms with van der Waals surface area (Å²) in [5.74, 6) is 1.19. The van der Waals surface area contributed by atoms with Crippen LogP contribution in [0.3, 0.4) is 0 Å². The Morgan fingerprint density at radius 1 is 1.80 bits per heavy atom. The van der Waals surface area contributed by atoms with Crippen molar-refractivity contribution >= 4 is 28.8 Å². The average molecular weight is 181 g/mol. The van der Waals surface area contributed by atoms with Crippen molar-refractivity contribution in [1.29, 1.82) is 0 Å². The second-order valence-corrected chi connectivity index (χ2v) is 3.90. The van der Waals surface area contributed by atoms with E-state index in [1.54, 1.807) is 0 Å². The first-order valence-electron chi connectivity index (χ1n) is 3.23. The van der Waals surface area contributed by atoms with Crippen LogP contribution in [-0.2, 0) is 4.74 Å². The zero-order chi connectivity index (χ0) is 7.40. The molecule has 0 aromatic rings. The molecule has 0 amide bonds. The third kappa shape index (κ3) is 2.80. The lowest BCUT2D eigenvalue weighted by molar-refractivity contribution is 0.173. The maximum absolute atomic E-state index is 10.1. The highest BCUT2D eigenvalue weighted by Crippen LogP contribution is 2.26. The normalized spacial score (nSPS) is 24.7. The molecule has 1 aliphatic rings. The fourth-order valence-corrected chi connectivity index (χ4v) is 2.16. The van der Waals surface area contributed by atoms with Gasteiger partial charge in [0.25, 0.3) is 0 Å². The Balaban J connectivity index is 2.07. The molecule has 0 saturated carbocycles. The highest BCUT2D eigenvalue weighted by molar-refractivity contribution is 8.00. The van der Waals surface area contributed by atoms with Crippen molar-refractivity contribution in [2.45, 2.75) is 18.1 Å². The van der Waals surface area contributed by atoms with Gasteiger partial charge in [-0.3, -0.25) is 0 Å². The molecule has 0 spiro atoms. The number of rotatable bonds is 2. The van der Waals surface area contributed by atoms with Crippen LogP contribution >= 0.6 is 23.4 Å². The molecule has 10 heavy (non-hydrogen) atoms. The third-order valence-electron chi connectivity index (χ3n) is 1.41. The lowest BCUT2D eigenvalue weighted by Crippen LogP contribution is -2.09. The first kappa shape index (κ1) is 8.21. The van der Waals surface area contributed by atoms with Gasteiger partial charge >= 0.3 is 5.43 Å². The standard InChI is InChI=1S/C6H9ClO2S/c7-6(8)9-4-5-2-1-3-10-5/h5H,1-4H2. The monoisotopic (exact) mass is 180 g/mol. The minimum absolute atomic E-state index is 0.479. The first-order chi connectivity index (χ1) is 4.79. The maximum Gasteiger partial charge on any atom is 0.403 e. The molecule has 1 saturated heterocycles. The van der Waals surface area contributed by atoms with Gasteiger partial charge in [0.1, 0.15) is 6.61 Å². The summed E-state index contributed by atoms with van der Waals surface area (Å²) in [6.07, 6.45) is 2.38.